The molecule has 0 atom stereocenters. The number of carbonyl (C=O) groups is 2. The molecule has 158 valence electrons. The largest absolute Gasteiger partial charge is 0.478 e. The summed E-state index contributed by atoms with van der Waals surface area (Å²) in [6.07, 6.45) is 2.71. The zero-order chi connectivity index (χ0) is 22.5. The lowest BCUT2D eigenvalue weighted by Crippen LogP contribution is -2.32. The lowest BCUT2D eigenvalue weighted by Gasteiger charge is -2.09. The van der Waals surface area contributed by atoms with Gasteiger partial charge in [0.25, 0.3) is 0 Å². The first-order valence-electron chi connectivity index (χ1n) is 8.61. The number of benzene rings is 2. The van der Waals surface area contributed by atoms with Crippen molar-refractivity contribution in [3.05, 3.63) is 81.0 Å². The maximum Gasteiger partial charge on any atom is 0.337 e. The maximum atomic E-state index is 12.1. The molecule has 6 nitrogen and oxygen atoms in total. The van der Waals surface area contributed by atoms with Gasteiger partial charge in [-0.1, -0.05) is 34.8 Å². The van der Waals surface area contributed by atoms with Crippen LogP contribution in [0.25, 0.3) is 17.4 Å². The zero-order valence-electron chi connectivity index (χ0n) is 15.5. The van der Waals surface area contributed by atoms with Crippen molar-refractivity contribution in [3.63, 3.8) is 0 Å². The summed E-state index contributed by atoms with van der Waals surface area (Å²) in [5.41, 5.74) is 0.950. The molecule has 3 rings (SSSR count). The van der Waals surface area contributed by atoms with Crippen molar-refractivity contribution in [1.82, 2.24) is 5.32 Å². The highest BCUT2D eigenvalue weighted by Crippen LogP contribution is 2.31. The highest BCUT2D eigenvalue weighted by molar-refractivity contribution is 7.80. The van der Waals surface area contributed by atoms with Gasteiger partial charge in [0.05, 0.1) is 15.6 Å². The molecule has 1 aromatic heterocycles. The number of carboxylic acids is 1. The molecule has 0 saturated heterocycles. The molecular formula is C21H13Cl3N2O4S. The average Bonchev–Trinajstić information content (AvgIpc) is 3.16. The van der Waals surface area contributed by atoms with Crippen LogP contribution in [-0.2, 0) is 4.79 Å². The summed E-state index contributed by atoms with van der Waals surface area (Å²) < 4.78 is 5.68. The van der Waals surface area contributed by atoms with E-state index in [0.29, 0.717) is 32.8 Å². The minimum atomic E-state index is -1.18. The van der Waals surface area contributed by atoms with E-state index < -0.39 is 11.9 Å². The Morgan fingerprint density at radius 1 is 1.00 bits per heavy atom. The average molecular weight is 496 g/mol. The molecule has 31 heavy (non-hydrogen) atoms. The van der Waals surface area contributed by atoms with Gasteiger partial charge < -0.3 is 14.8 Å². The molecule has 3 aromatic rings. The van der Waals surface area contributed by atoms with Crippen molar-refractivity contribution in [3.8, 4) is 11.3 Å². The van der Waals surface area contributed by atoms with Crippen LogP contribution in [0.15, 0.2) is 59.0 Å². The summed E-state index contributed by atoms with van der Waals surface area (Å²) in [4.78, 5) is 23.2. The van der Waals surface area contributed by atoms with Crippen LogP contribution in [0.2, 0.25) is 15.1 Å². The van der Waals surface area contributed by atoms with Gasteiger partial charge in [-0.05, 0) is 66.8 Å². The van der Waals surface area contributed by atoms with Crippen LogP contribution in [-0.4, -0.2) is 22.1 Å². The van der Waals surface area contributed by atoms with Crippen molar-refractivity contribution in [2.24, 2.45) is 0 Å². The van der Waals surface area contributed by atoms with E-state index >= 15 is 0 Å². The molecule has 3 N–H and O–H groups in total. The van der Waals surface area contributed by atoms with Gasteiger partial charge in [-0.2, -0.15) is 0 Å². The molecule has 0 aliphatic rings. The summed E-state index contributed by atoms with van der Waals surface area (Å²) in [7, 11) is 0. The molecule has 1 amide bonds. The molecule has 0 fully saturated rings. The first-order chi connectivity index (χ1) is 14.7. The normalized spacial score (nSPS) is 10.8. The Morgan fingerprint density at radius 2 is 1.77 bits per heavy atom. The number of halogens is 3. The van der Waals surface area contributed by atoms with Crippen LogP contribution in [0.1, 0.15) is 16.1 Å². The van der Waals surface area contributed by atoms with Gasteiger partial charge in [0.15, 0.2) is 5.11 Å². The molecule has 0 spiro atoms. The van der Waals surface area contributed by atoms with E-state index in [4.69, 9.17) is 56.5 Å². The highest BCUT2D eigenvalue weighted by atomic mass is 35.5. The van der Waals surface area contributed by atoms with Gasteiger partial charge in [-0.3, -0.25) is 10.1 Å². The molecule has 0 unspecified atom stereocenters. The first-order valence-corrected chi connectivity index (χ1v) is 10.2. The van der Waals surface area contributed by atoms with E-state index in [1.165, 1.54) is 30.4 Å². The lowest BCUT2D eigenvalue weighted by atomic mass is 10.2. The van der Waals surface area contributed by atoms with E-state index in [-0.39, 0.29) is 15.7 Å². The number of carboxylic acid groups (broad SMARTS) is 1. The van der Waals surface area contributed by atoms with E-state index in [1.54, 1.807) is 30.3 Å². The number of hydrogen-bond donors (Lipinski definition) is 3. The van der Waals surface area contributed by atoms with Crippen molar-refractivity contribution < 1.29 is 19.1 Å². The minimum absolute atomic E-state index is 0.0126. The molecule has 10 heteroatoms. The number of nitrogens with one attached hydrogen (secondary N) is 2. The summed E-state index contributed by atoms with van der Waals surface area (Å²) in [6, 6.07) is 12.7. The fourth-order valence-electron chi connectivity index (χ4n) is 2.52. The van der Waals surface area contributed by atoms with Gasteiger partial charge in [0, 0.05) is 22.3 Å². The second-order valence-electron chi connectivity index (χ2n) is 6.10. The van der Waals surface area contributed by atoms with Crippen LogP contribution in [0.3, 0.4) is 0 Å². The number of carbonyl (C=O) groups excluding carboxylic acids is 1. The second kappa shape index (κ2) is 9.98. The Morgan fingerprint density at radius 3 is 2.48 bits per heavy atom. The molecule has 0 aliphatic heterocycles. The predicted octanol–water partition coefficient (Wildman–Crippen LogP) is 6.13. The van der Waals surface area contributed by atoms with Gasteiger partial charge in [0.1, 0.15) is 11.5 Å². The SMILES string of the molecule is O=C(/C=C/c1ccc(-c2ccc(Cl)cc2Cl)o1)NC(=S)Nc1ccc(Cl)c(C(=O)O)c1. The topological polar surface area (TPSA) is 91.6 Å². The van der Waals surface area contributed by atoms with Crippen molar-refractivity contribution >= 4 is 75.8 Å². The third-order valence-corrected chi connectivity index (χ3v) is 5.00. The maximum absolute atomic E-state index is 12.1. The van der Waals surface area contributed by atoms with E-state index in [1.807, 2.05) is 0 Å². The Labute approximate surface area is 197 Å². The highest BCUT2D eigenvalue weighted by Gasteiger charge is 2.11. The number of furan rings is 1. The number of thiocarbonyl (C=S) groups is 1. The Hall–Kier alpha value is -2.84. The first kappa shape index (κ1) is 22.8. The molecule has 0 aliphatic carbocycles. The molecule has 0 bridgehead atoms. The summed E-state index contributed by atoms with van der Waals surface area (Å²) in [5.74, 6) is -0.730. The van der Waals surface area contributed by atoms with E-state index in [2.05, 4.69) is 10.6 Å². The number of amides is 1. The van der Waals surface area contributed by atoms with Crippen LogP contribution in [0.4, 0.5) is 5.69 Å². The Kier molecular flexibility index (Phi) is 7.35. The predicted molar refractivity (Wildman–Crippen MR) is 126 cm³/mol. The summed E-state index contributed by atoms with van der Waals surface area (Å²) in [5, 5.41) is 15.3. The minimum Gasteiger partial charge on any atom is -0.478 e. The van der Waals surface area contributed by atoms with Gasteiger partial charge >= 0.3 is 5.97 Å². The zero-order valence-corrected chi connectivity index (χ0v) is 18.6. The third-order valence-electron chi connectivity index (χ3n) is 3.91. The van der Waals surface area contributed by atoms with E-state index in [9.17, 15) is 9.59 Å². The number of rotatable bonds is 5. The van der Waals surface area contributed by atoms with E-state index in [0.717, 1.165) is 0 Å². The smallest absolute Gasteiger partial charge is 0.337 e. The monoisotopic (exact) mass is 494 g/mol. The fourth-order valence-corrected chi connectivity index (χ4v) is 3.44. The fraction of sp³-hybridized carbons (Fsp3) is 0. The quantitative estimate of drug-likeness (QED) is 0.291. The van der Waals surface area contributed by atoms with Gasteiger partial charge in [-0.15, -0.1) is 0 Å². The third kappa shape index (κ3) is 6.08. The van der Waals surface area contributed by atoms with Gasteiger partial charge in [0.2, 0.25) is 5.91 Å². The Bertz CT molecular complexity index is 1210. The van der Waals surface area contributed by atoms with Crippen LogP contribution in [0.5, 0.6) is 0 Å². The lowest BCUT2D eigenvalue weighted by molar-refractivity contribution is -0.115. The number of aromatic carboxylic acids is 1. The van der Waals surface area contributed by atoms with Crippen molar-refractivity contribution in [1.29, 1.82) is 0 Å². The van der Waals surface area contributed by atoms with Crippen molar-refractivity contribution in [2.45, 2.75) is 0 Å². The molecule has 2 aromatic carbocycles. The molecule has 1 heterocycles. The van der Waals surface area contributed by atoms with Crippen LogP contribution < -0.4 is 10.6 Å². The van der Waals surface area contributed by atoms with Gasteiger partial charge in [-0.25, -0.2) is 4.79 Å². The second-order valence-corrected chi connectivity index (χ2v) is 7.76. The van der Waals surface area contributed by atoms with Crippen LogP contribution >= 0.6 is 47.0 Å². The molecule has 0 radical (unpaired) electrons. The van der Waals surface area contributed by atoms with Crippen molar-refractivity contribution in [2.75, 3.05) is 5.32 Å². The number of anilines is 1. The summed E-state index contributed by atoms with van der Waals surface area (Å²) in [6.45, 7) is 0. The van der Waals surface area contributed by atoms with Crippen LogP contribution in [0, 0.1) is 0 Å². The molecular weight excluding hydrogens is 483 g/mol. The number of hydrogen-bond acceptors (Lipinski definition) is 4. The molecule has 0 saturated carbocycles. The standard InChI is InChI=1S/C21H13Cl3N2O4S/c22-11-1-5-14(17(24)9-11)18-7-3-13(30-18)4-8-19(27)26-21(31)25-12-2-6-16(23)15(10-12)20(28)29/h1-10H,(H,28,29)(H2,25,26,27,31)/b8-4+. The Balaban J connectivity index is 1.61. The summed E-state index contributed by atoms with van der Waals surface area (Å²) >= 11 is 23.0.